The largest absolute Gasteiger partial charge is 0.507 e. The number of phenolic OH excluding ortho intramolecular Hbond substituents is 1. The van der Waals surface area contributed by atoms with E-state index >= 15 is 0 Å². The minimum atomic E-state index is -0.427. The molecule has 2 heteroatoms. The van der Waals surface area contributed by atoms with Crippen molar-refractivity contribution in [2.75, 3.05) is 0 Å². The summed E-state index contributed by atoms with van der Waals surface area (Å²) >= 11 is 0. The van der Waals surface area contributed by atoms with Crippen LogP contribution in [0.5, 0.6) is 5.75 Å². The highest BCUT2D eigenvalue weighted by Gasteiger charge is 2.04. The molecule has 0 spiro atoms. The van der Waals surface area contributed by atoms with E-state index in [4.69, 9.17) is 0 Å². The molecule has 0 saturated carbocycles. The standard InChI is InChI=1S/C13H11FO/c1-9-3-2-4-10(7-9)12-6-5-11(14)8-13(12)15/h2-8,15H,1H3. The van der Waals surface area contributed by atoms with E-state index in [0.717, 1.165) is 17.2 Å². The van der Waals surface area contributed by atoms with Gasteiger partial charge in [0, 0.05) is 11.6 Å². The van der Waals surface area contributed by atoms with Gasteiger partial charge in [0.2, 0.25) is 0 Å². The van der Waals surface area contributed by atoms with Crippen LogP contribution in [0.2, 0.25) is 0 Å². The molecular formula is C13H11FO. The lowest BCUT2D eigenvalue weighted by atomic mass is 10.0. The zero-order valence-corrected chi connectivity index (χ0v) is 8.37. The third-order valence-electron chi connectivity index (χ3n) is 2.29. The van der Waals surface area contributed by atoms with Gasteiger partial charge in [-0.05, 0) is 24.6 Å². The number of aromatic hydroxyl groups is 1. The number of halogens is 1. The lowest BCUT2D eigenvalue weighted by Gasteiger charge is -2.05. The average molecular weight is 202 g/mol. The van der Waals surface area contributed by atoms with Gasteiger partial charge in [-0.25, -0.2) is 4.39 Å². The fourth-order valence-electron chi connectivity index (χ4n) is 1.56. The highest BCUT2D eigenvalue weighted by atomic mass is 19.1. The summed E-state index contributed by atoms with van der Waals surface area (Å²) < 4.78 is 12.8. The fourth-order valence-corrected chi connectivity index (χ4v) is 1.56. The Morgan fingerprint density at radius 1 is 1.07 bits per heavy atom. The Labute approximate surface area is 87.8 Å². The first-order valence-corrected chi connectivity index (χ1v) is 4.72. The molecule has 0 fully saturated rings. The smallest absolute Gasteiger partial charge is 0.126 e. The number of benzene rings is 2. The molecule has 76 valence electrons. The minimum absolute atomic E-state index is 0.0272. The number of phenols is 1. The van der Waals surface area contributed by atoms with E-state index in [9.17, 15) is 9.50 Å². The monoisotopic (exact) mass is 202 g/mol. The minimum Gasteiger partial charge on any atom is -0.507 e. The van der Waals surface area contributed by atoms with E-state index in [2.05, 4.69) is 0 Å². The maximum atomic E-state index is 12.8. The van der Waals surface area contributed by atoms with Gasteiger partial charge in [0.1, 0.15) is 11.6 Å². The highest BCUT2D eigenvalue weighted by Crippen LogP contribution is 2.29. The zero-order valence-electron chi connectivity index (χ0n) is 8.37. The SMILES string of the molecule is Cc1cccc(-c2ccc(F)cc2O)c1. The van der Waals surface area contributed by atoms with Gasteiger partial charge in [-0.2, -0.15) is 0 Å². The first kappa shape index (κ1) is 9.71. The summed E-state index contributed by atoms with van der Waals surface area (Å²) in [7, 11) is 0. The van der Waals surface area contributed by atoms with Crippen molar-refractivity contribution in [3.05, 3.63) is 53.8 Å². The molecule has 15 heavy (non-hydrogen) atoms. The molecule has 0 saturated heterocycles. The molecule has 0 radical (unpaired) electrons. The second-order valence-electron chi connectivity index (χ2n) is 3.53. The summed E-state index contributed by atoms with van der Waals surface area (Å²) in [6.07, 6.45) is 0. The van der Waals surface area contributed by atoms with Gasteiger partial charge in [-0.1, -0.05) is 29.8 Å². The molecule has 1 nitrogen and oxygen atoms in total. The second-order valence-corrected chi connectivity index (χ2v) is 3.53. The molecule has 2 rings (SSSR count). The van der Waals surface area contributed by atoms with E-state index in [-0.39, 0.29) is 5.75 Å². The van der Waals surface area contributed by atoms with Gasteiger partial charge in [0.25, 0.3) is 0 Å². The second kappa shape index (κ2) is 3.73. The molecule has 0 bridgehead atoms. The molecule has 0 aliphatic rings. The van der Waals surface area contributed by atoms with Crippen LogP contribution in [0.3, 0.4) is 0 Å². The van der Waals surface area contributed by atoms with Crippen molar-refractivity contribution >= 4 is 0 Å². The molecular weight excluding hydrogens is 191 g/mol. The van der Waals surface area contributed by atoms with Crippen molar-refractivity contribution in [3.63, 3.8) is 0 Å². The highest BCUT2D eigenvalue weighted by molar-refractivity contribution is 5.70. The summed E-state index contributed by atoms with van der Waals surface area (Å²) in [5.41, 5.74) is 2.66. The first-order valence-electron chi connectivity index (χ1n) is 4.72. The molecule has 0 atom stereocenters. The first-order chi connectivity index (χ1) is 7.16. The molecule has 2 aromatic rings. The molecule has 0 aromatic heterocycles. The van der Waals surface area contributed by atoms with Crippen LogP contribution in [0.15, 0.2) is 42.5 Å². The van der Waals surface area contributed by atoms with Gasteiger partial charge in [-0.3, -0.25) is 0 Å². The summed E-state index contributed by atoms with van der Waals surface area (Å²) in [4.78, 5) is 0. The Balaban J connectivity index is 2.54. The molecule has 1 N–H and O–H groups in total. The third kappa shape index (κ3) is 1.99. The van der Waals surface area contributed by atoms with Crippen molar-refractivity contribution in [1.82, 2.24) is 0 Å². The molecule has 0 aliphatic carbocycles. The molecule has 0 aliphatic heterocycles. The van der Waals surface area contributed by atoms with Gasteiger partial charge in [0.15, 0.2) is 0 Å². The number of aryl methyl sites for hydroxylation is 1. The predicted octanol–water partition coefficient (Wildman–Crippen LogP) is 3.51. The quantitative estimate of drug-likeness (QED) is 0.750. The van der Waals surface area contributed by atoms with Crippen LogP contribution in [0, 0.1) is 12.7 Å². The van der Waals surface area contributed by atoms with Crippen LogP contribution in [-0.2, 0) is 0 Å². The maximum Gasteiger partial charge on any atom is 0.126 e. The fraction of sp³-hybridized carbons (Fsp3) is 0.0769. The van der Waals surface area contributed by atoms with Crippen molar-refractivity contribution < 1.29 is 9.50 Å². The van der Waals surface area contributed by atoms with Crippen LogP contribution in [-0.4, -0.2) is 5.11 Å². The van der Waals surface area contributed by atoms with E-state index in [1.54, 1.807) is 6.07 Å². The van der Waals surface area contributed by atoms with Crippen LogP contribution < -0.4 is 0 Å². The van der Waals surface area contributed by atoms with E-state index < -0.39 is 5.82 Å². The third-order valence-corrected chi connectivity index (χ3v) is 2.29. The average Bonchev–Trinajstić information content (AvgIpc) is 2.17. The molecule has 0 amide bonds. The van der Waals surface area contributed by atoms with Gasteiger partial charge < -0.3 is 5.11 Å². The van der Waals surface area contributed by atoms with Crippen molar-refractivity contribution in [3.8, 4) is 16.9 Å². The van der Waals surface area contributed by atoms with Gasteiger partial charge >= 0.3 is 0 Å². The van der Waals surface area contributed by atoms with Crippen LogP contribution in [0.4, 0.5) is 4.39 Å². The van der Waals surface area contributed by atoms with Crippen molar-refractivity contribution in [1.29, 1.82) is 0 Å². The van der Waals surface area contributed by atoms with E-state index in [1.165, 1.54) is 6.07 Å². The van der Waals surface area contributed by atoms with Gasteiger partial charge in [-0.15, -0.1) is 0 Å². The number of hydrogen-bond donors (Lipinski definition) is 1. The zero-order chi connectivity index (χ0) is 10.8. The number of hydrogen-bond acceptors (Lipinski definition) is 1. The lowest BCUT2D eigenvalue weighted by molar-refractivity contribution is 0.471. The maximum absolute atomic E-state index is 12.8. The summed E-state index contributed by atoms with van der Waals surface area (Å²) in [6.45, 7) is 1.98. The van der Waals surface area contributed by atoms with E-state index in [1.807, 2.05) is 31.2 Å². The predicted molar refractivity (Wildman–Crippen MR) is 58.2 cm³/mol. The normalized spacial score (nSPS) is 10.3. The van der Waals surface area contributed by atoms with Gasteiger partial charge in [0.05, 0.1) is 0 Å². The Hall–Kier alpha value is -1.83. The Morgan fingerprint density at radius 2 is 1.87 bits per heavy atom. The Kier molecular flexibility index (Phi) is 2.42. The molecule has 0 heterocycles. The van der Waals surface area contributed by atoms with E-state index in [0.29, 0.717) is 5.56 Å². The Bertz CT molecular complexity index is 492. The van der Waals surface area contributed by atoms with Crippen LogP contribution in [0.25, 0.3) is 11.1 Å². The van der Waals surface area contributed by atoms with Crippen molar-refractivity contribution in [2.45, 2.75) is 6.92 Å². The molecule has 2 aromatic carbocycles. The topological polar surface area (TPSA) is 20.2 Å². The summed E-state index contributed by atoms with van der Waals surface area (Å²) in [5.74, 6) is -0.454. The lowest BCUT2D eigenvalue weighted by Crippen LogP contribution is -1.82. The molecule has 0 unspecified atom stereocenters. The summed E-state index contributed by atoms with van der Waals surface area (Å²) in [5, 5.41) is 9.60. The van der Waals surface area contributed by atoms with Crippen LogP contribution >= 0.6 is 0 Å². The van der Waals surface area contributed by atoms with Crippen LogP contribution in [0.1, 0.15) is 5.56 Å². The van der Waals surface area contributed by atoms with Crippen molar-refractivity contribution in [2.24, 2.45) is 0 Å². The summed E-state index contributed by atoms with van der Waals surface area (Å²) in [6, 6.07) is 11.8. The Morgan fingerprint density at radius 3 is 2.53 bits per heavy atom. The number of rotatable bonds is 1.